The molecule has 0 unspecified atom stereocenters. The second-order valence-corrected chi connectivity index (χ2v) is 8.10. The average Bonchev–Trinajstić information content (AvgIpc) is 3.16. The van der Waals surface area contributed by atoms with Gasteiger partial charge in [-0.2, -0.15) is 0 Å². The summed E-state index contributed by atoms with van der Waals surface area (Å²) >= 11 is 2.98. The molecule has 7 heteroatoms. The van der Waals surface area contributed by atoms with Crippen LogP contribution in [0.2, 0.25) is 0 Å². The number of hydrogen-bond acceptors (Lipinski definition) is 6. The molecule has 3 rings (SSSR count). The molecule has 0 aliphatic carbocycles. The van der Waals surface area contributed by atoms with Gasteiger partial charge in [0.15, 0.2) is 4.34 Å². The molecular formula is C20H21N3O2S2. The third kappa shape index (κ3) is 6.37. The van der Waals surface area contributed by atoms with Crippen molar-refractivity contribution in [2.24, 2.45) is 0 Å². The van der Waals surface area contributed by atoms with E-state index in [0.717, 1.165) is 33.5 Å². The topological polar surface area (TPSA) is 64.1 Å². The molecule has 140 valence electrons. The normalized spacial score (nSPS) is 10.6. The van der Waals surface area contributed by atoms with Crippen molar-refractivity contribution in [2.45, 2.75) is 35.4 Å². The minimum atomic E-state index is 0.0101. The molecule has 1 amide bonds. The van der Waals surface area contributed by atoms with Crippen LogP contribution in [0.3, 0.4) is 0 Å². The molecule has 0 aliphatic heterocycles. The van der Waals surface area contributed by atoms with Crippen LogP contribution in [0.25, 0.3) is 0 Å². The average molecular weight is 400 g/mol. The zero-order valence-electron chi connectivity index (χ0n) is 15.1. The quantitative estimate of drug-likeness (QED) is 0.502. The number of unbranched alkanes of at least 4 members (excludes halogenated alkanes) is 1. The molecule has 0 saturated carbocycles. The van der Waals surface area contributed by atoms with E-state index in [2.05, 4.69) is 15.5 Å². The van der Waals surface area contributed by atoms with Gasteiger partial charge >= 0.3 is 0 Å². The van der Waals surface area contributed by atoms with E-state index in [-0.39, 0.29) is 5.91 Å². The summed E-state index contributed by atoms with van der Waals surface area (Å²) in [5.41, 5.74) is 3.68. The minimum absolute atomic E-state index is 0.0101. The number of aryl methyl sites for hydroxylation is 1. The van der Waals surface area contributed by atoms with Crippen molar-refractivity contribution in [3.63, 3.8) is 0 Å². The van der Waals surface area contributed by atoms with Crippen LogP contribution in [0.4, 0.5) is 5.69 Å². The van der Waals surface area contributed by atoms with Gasteiger partial charge in [0.2, 0.25) is 5.91 Å². The Kier molecular flexibility index (Phi) is 7.24. The van der Waals surface area contributed by atoms with E-state index in [9.17, 15) is 4.79 Å². The van der Waals surface area contributed by atoms with Gasteiger partial charge in [0.05, 0.1) is 12.3 Å². The van der Waals surface area contributed by atoms with Crippen LogP contribution in [0, 0.1) is 6.92 Å². The molecule has 1 heterocycles. The van der Waals surface area contributed by atoms with Crippen LogP contribution in [-0.2, 0) is 4.79 Å². The first-order chi connectivity index (χ1) is 13.2. The lowest BCUT2D eigenvalue weighted by atomic mass is 10.2. The molecule has 5 nitrogen and oxygen atoms in total. The number of carbonyl (C=O) groups is 1. The maximum absolute atomic E-state index is 12.3. The summed E-state index contributed by atoms with van der Waals surface area (Å²) < 4.78 is 6.57. The number of hydrogen-bond donors (Lipinski definition) is 1. The highest BCUT2D eigenvalue weighted by molar-refractivity contribution is 8.01. The lowest BCUT2D eigenvalue weighted by Gasteiger charge is -2.10. The van der Waals surface area contributed by atoms with Crippen LogP contribution in [-0.4, -0.2) is 22.7 Å². The Bertz CT molecular complexity index is 869. The lowest BCUT2D eigenvalue weighted by Crippen LogP contribution is -2.12. The number of rotatable bonds is 9. The predicted octanol–water partition coefficient (Wildman–Crippen LogP) is 5.19. The summed E-state index contributed by atoms with van der Waals surface area (Å²) in [6.07, 6.45) is 2.08. The molecule has 0 radical (unpaired) electrons. The first kappa shape index (κ1) is 19.4. The monoisotopic (exact) mass is 399 g/mol. The highest BCUT2D eigenvalue weighted by atomic mass is 32.2. The summed E-state index contributed by atoms with van der Waals surface area (Å²) in [5, 5.41) is 10.9. The molecule has 0 spiro atoms. The van der Waals surface area contributed by atoms with Crippen LogP contribution in [0.15, 0.2) is 63.3 Å². The van der Waals surface area contributed by atoms with Crippen molar-refractivity contribution in [1.82, 2.24) is 10.2 Å². The predicted molar refractivity (Wildman–Crippen MR) is 110 cm³/mol. The van der Waals surface area contributed by atoms with Crippen LogP contribution in [0.5, 0.6) is 5.75 Å². The number of ether oxygens (including phenoxy) is 1. The Hall–Kier alpha value is -2.38. The molecule has 0 bridgehead atoms. The molecule has 0 atom stereocenters. The molecule has 2 aromatic carbocycles. The summed E-state index contributed by atoms with van der Waals surface area (Å²) in [5.74, 6) is 0.887. The lowest BCUT2D eigenvalue weighted by molar-refractivity contribution is -0.116. The second kappa shape index (κ2) is 10.1. The van der Waals surface area contributed by atoms with Gasteiger partial charge in [0.1, 0.15) is 11.3 Å². The van der Waals surface area contributed by atoms with Gasteiger partial charge in [-0.15, -0.1) is 10.2 Å². The summed E-state index contributed by atoms with van der Waals surface area (Å²) in [4.78, 5) is 13.2. The van der Waals surface area contributed by atoms with E-state index in [0.29, 0.717) is 13.0 Å². The van der Waals surface area contributed by atoms with Crippen molar-refractivity contribution < 1.29 is 9.53 Å². The fourth-order valence-corrected chi connectivity index (χ4v) is 3.98. The Morgan fingerprint density at radius 1 is 1.19 bits per heavy atom. The van der Waals surface area contributed by atoms with Gasteiger partial charge in [-0.25, -0.2) is 0 Å². The smallest absolute Gasteiger partial charge is 0.224 e. The van der Waals surface area contributed by atoms with Crippen molar-refractivity contribution in [2.75, 3.05) is 11.9 Å². The first-order valence-corrected chi connectivity index (χ1v) is 10.4. The molecule has 1 aromatic heterocycles. The number of carbonyl (C=O) groups excluding carboxylic acids is 1. The van der Waals surface area contributed by atoms with Crippen molar-refractivity contribution >= 4 is 34.7 Å². The highest BCUT2D eigenvalue weighted by Crippen LogP contribution is 2.33. The van der Waals surface area contributed by atoms with Gasteiger partial charge in [-0.1, -0.05) is 47.4 Å². The first-order valence-electron chi connectivity index (χ1n) is 8.73. The number of benzene rings is 2. The van der Waals surface area contributed by atoms with Crippen molar-refractivity contribution in [3.8, 4) is 5.75 Å². The van der Waals surface area contributed by atoms with Gasteiger partial charge in [0.25, 0.3) is 0 Å². The van der Waals surface area contributed by atoms with E-state index in [1.54, 1.807) is 5.51 Å². The van der Waals surface area contributed by atoms with Gasteiger partial charge < -0.3 is 10.1 Å². The van der Waals surface area contributed by atoms with E-state index < -0.39 is 0 Å². The second-order valence-electron chi connectivity index (χ2n) is 5.97. The molecule has 1 N–H and O–H groups in total. The van der Waals surface area contributed by atoms with Crippen LogP contribution in [0.1, 0.15) is 24.8 Å². The number of amides is 1. The summed E-state index contributed by atoms with van der Waals surface area (Å²) in [7, 11) is 0. The van der Waals surface area contributed by atoms with Gasteiger partial charge in [-0.05, 0) is 49.6 Å². The number of nitrogens with one attached hydrogen (secondary N) is 1. The molecule has 0 saturated heterocycles. The number of aromatic nitrogens is 2. The zero-order valence-corrected chi connectivity index (χ0v) is 16.7. The van der Waals surface area contributed by atoms with Crippen LogP contribution < -0.4 is 10.1 Å². The number of nitrogens with zero attached hydrogens (tertiary/aromatic N) is 2. The van der Waals surface area contributed by atoms with Gasteiger partial charge in [-0.3, -0.25) is 4.79 Å². The fraction of sp³-hybridized carbons (Fsp3) is 0.250. The maximum Gasteiger partial charge on any atom is 0.224 e. The Morgan fingerprint density at radius 2 is 2.07 bits per heavy atom. The maximum atomic E-state index is 12.3. The molecule has 27 heavy (non-hydrogen) atoms. The van der Waals surface area contributed by atoms with E-state index >= 15 is 0 Å². The summed E-state index contributed by atoms with van der Waals surface area (Å²) in [6, 6.07) is 15.7. The van der Waals surface area contributed by atoms with E-state index in [1.165, 1.54) is 28.7 Å². The molecule has 3 aromatic rings. The SMILES string of the molecule is Cc1cccc(OCCCCC(=O)Nc2ccccc2Sc2nncs2)c1. The van der Waals surface area contributed by atoms with Crippen molar-refractivity contribution in [1.29, 1.82) is 0 Å². The zero-order chi connectivity index (χ0) is 18.9. The van der Waals surface area contributed by atoms with E-state index in [4.69, 9.17) is 4.74 Å². The third-order valence-electron chi connectivity index (χ3n) is 3.75. The largest absolute Gasteiger partial charge is 0.494 e. The fourth-order valence-electron chi connectivity index (χ4n) is 2.46. The van der Waals surface area contributed by atoms with E-state index in [1.807, 2.05) is 55.5 Å². The minimum Gasteiger partial charge on any atom is -0.494 e. The third-order valence-corrected chi connectivity index (χ3v) is 5.61. The Morgan fingerprint density at radius 3 is 2.89 bits per heavy atom. The van der Waals surface area contributed by atoms with Gasteiger partial charge in [0, 0.05) is 11.3 Å². The molecule has 0 aliphatic rings. The molecule has 0 fully saturated rings. The Labute approximate surface area is 167 Å². The van der Waals surface area contributed by atoms with Crippen molar-refractivity contribution in [3.05, 3.63) is 59.6 Å². The Balaban J connectivity index is 1.42. The summed E-state index contributed by atoms with van der Waals surface area (Å²) in [6.45, 7) is 2.65. The standard InChI is InChI=1S/C20H21N3O2S2/c1-15-7-6-8-16(13-15)25-12-5-4-11-19(24)22-17-9-2-3-10-18(17)27-20-23-21-14-26-20/h2-3,6-10,13-14H,4-5,11-12H2,1H3,(H,22,24). The highest BCUT2D eigenvalue weighted by Gasteiger charge is 2.09. The number of anilines is 1. The number of para-hydroxylation sites is 1. The molecular weight excluding hydrogens is 378 g/mol. The van der Waals surface area contributed by atoms with Crippen LogP contribution >= 0.6 is 23.1 Å².